The average molecular weight is 466 g/mol. The van der Waals surface area contributed by atoms with Gasteiger partial charge in [-0.25, -0.2) is 4.98 Å². The van der Waals surface area contributed by atoms with Crippen molar-refractivity contribution in [2.75, 3.05) is 52.7 Å². The van der Waals surface area contributed by atoms with Crippen LogP contribution in [0.3, 0.4) is 0 Å². The Morgan fingerprint density at radius 2 is 2.21 bits per heavy atom. The predicted octanol–water partition coefficient (Wildman–Crippen LogP) is 2.32. The smallest absolute Gasteiger partial charge is 0.193 e. The van der Waals surface area contributed by atoms with Crippen LogP contribution < -0.4 is 10.2 Å². The molecule has 138 valence electrons. The second kappa shape index (κ2) is 10.4. The third-order valence-electron chi connectivity index (χ3n) is 4.31. The molecule has 0 amide bonds. The first kappa shape index (κ1) is 21.4. The van der Waals surface area contributed by atoms with Crippen LogP contribution in [0.15, 0.2) is 10.4 Å². The number of likely N-dealkylation sites (tertiary alicyclic amines) is 1. The minimum absolute atomic E-state index is 0. The lowest BCUT2D eigenvalue weighted by Gasteiger charge is -2.29. The maximum atomic E-state index is 4.60. The van der Waals surface area contributed by atoms with Crippen LogP contribution in [0.1, 0.15) is 25.5 Å². The van der Waals surface area contributed by atoms with Gasteiger partial charge in [0, 0.05) is 46.2 Å². The molecule has 2 heterocycles. The van der Waals surface area contributed by atoms with Gasteiger partial charge < -0.3 is 15.1 Å². The number of rotatable bonds is 6. The second-order valence-corrected chi connectivity index (χ2v) is 7.06. The number of nitrogens with zero attached hydrogens (tertiary/aromatic N) is 5. The SMILES string of the molecule is CCN1CCCC1CN(C)C(=NC)NCc1csc(N(C)C)n1.I. The van der Waals surface area contributed by atoms with Crippen molar-refractivity contribution in [2.45, 2.75) is 32.4 Å². The Kier molecular flexibility index (Phi) is 9.28. The van der Waals surface area contributed by atoms with Crippen molar-refractivity contribution < 1.29 is 0 Å². The molecule has 1 aliphatic rings. The highest BCUT2D eigenvalue weighted by atomic mass is 127. The molecule has 1 saturated heterocycles. The second-order valence-electron chi connectivity index (χ2n) is 6.22. The van der Waals surface area contributed by atoms with E-state index in [2.05, 4.69) is 44.4 Å². The largest absolute Gasteiger partial charge is 0.354 e. The van der Waals surface area contributed by atoms with Gasteiger partial charge in [0.15, 0.2) is 11.1 Å². The summed E-state index contributed by atoms with van der Waals surface area (Å²) in [5.74, 6) is 0.937. The van der Waals surface area contributed by atoms with E-state index >= 15 is 0 Å². The number of nitrogens with one attached hydrogen (secondary N) is 1. The van der Waals surface area contributed by atoms with Crippen LogP contribution in [0.4, 0.5) is 5.13 Å². The maximum absolute atomic E-state index is 4.60. The number of halogens is 1. The van der Waals surface area contributed by atoms with Crippen LogP contribution >= 0.6 is 35.3 Å². The topological polar surface area (TPSA) is 47.0 Å². The van der Waals surface area contributed by atoms with Crippen molar-refractivity contribution in [3.05, 3.63) is 11.1 Å². The zero-order chi connectivity index (χ0) is 16.8. The fourth-order valence-corrected chi connectivity index (χ4v) is 3.82. The average Bonchev–Trinajstić information content (AvgIpc) is 3.16. The molecule has 1 aromatic heterocycles. The van der Waals surface area contributed by atoms with Crippen molar-refractivity contribution >= 4 is 46.4 Å². The van der Waals surface area contributed by atoms with Crippen LogP contribution in [0.25, 0.3) is 0 Å². The Morgan fingerprint density at radius 3 is 2.79 bits per heavy atom. The van der Waals surface area contributed by atoms with Crippen molar-refractivity contribution in [1.29, 1.82) is 0 Å². The number of likely N-dealkylation sites (N-methyl/N-ethyl adjacent to an activating group) is 2. The zero-order valence-corrected chi connectivity index (χ0v) is 18.6. The number of guanidine groups is 1. The van der Waals surface area contributed by atoms with Crippen molar-refractivity contribution in [3.63, 3.8) is 0 Å². The first-order valence-electron chi connectivity index (χ1n) is 8.32. The monoisotopic (exact) mass is 466 g/mol. The quantitative estimate of drug-likeness (QED) is 0.396. The Balaban J connectivity index is 0.00000288. The minimum Gasteiger partial charge on any atom is -0.354 e. The summed E-state index contributed by atoms with van der Waals surface area (Å²) in [5, 5.41) is 6.57. The summed E-state index contributed by atoms with van der Waals surface area (Å²) in [6.45, 7) is 6.34. The number of hydrogen-bond donors (Lipinski definition) is 1. The lowest BCUT2D eigenvalue weighted by molar-refractivity contribution is 0.232. The van der Waals surface area contributed by atoms with E-state index in [0.29, 0.717) is 12.6 Å². The zero-order valence-electron chi connectivity index (χ0n) is 15.4. The number of aromatic nitrogens is 1. The molecule has 24 heavy (non-hydrogen) atoms. The third-order valence-corrected chi connectivity index (χ3v) is 5.37. The van der Waals surface area contributed by atoms with Gasteiger partial charge in [-0.2, -0.15) is 0 Å². The fourth-order valence-electron chi connectivity index (χ4n) is 3.06. The highest BCUT2D eigenvalue weighted by Gasteiger charge is 2.24. The van der Waals surface area contributed by atoms with E-state index in [4.69, 9.17) is 0 Å². The number of thiazole rings is 1. The Labute approximate surface area is 167 Å². The molecule has 0 spiro atoms. The molecule has 0 aromatic carbocycles. The molecule has 1 atom stereocenters. The molecule has 1 aromatic rings. The van der Waals surface area contributed by atoms with E-state index in [1.807, 2.05) is 26.0 Å². The van der Waals surface area contributed by atoms with E-state index in [1.54, 1.807) is 11.3 Å². The first-order chi connectivity index (χ1) is 11.0. The van der Waals surface area contributed by atoms with Gasteiger partial charge in [0.1, 0.15) is 0 Å². The molecule has 1 aliphatic heterocycles. The van der Waals surface area contributed by atoms with Gasteiger partial charge >= 0.3 is 0 Å². The van der Waals surface area contributed by atoms with Crippen molar-refractivity contribution in [3.8, 4) is 0 Å². The molecule has 8 heteroatoms. The molecule has 2 rings (SSSR count). The van der Waals surface area contributed by atoms with Crippen LogP contribution in [0.5, 0.6) is 0 Å². The standard InChI is InChI=1S/C16H30N6S.HI/c1-6-22-9-7-8-14(22)11-21(5)15(17-2)18-10-13-12-23-16(19-13)20(3)4;/h12,14H,6-11H2,1-5H3,(H,17,18);1H. The number of aliphatic imine (C=N–C) groups is 1. The van der Waals surface area contributed by atoms with Crippen LogP contribution in [-0.2, 0) is 6.54 Å². The van der Waals surface area contributed by atoms with E-state index in [0.717, 1.165) is 29.9 Å². The van der Waals surface area contributed by atoms with Crippen LogP contribution in [0, 0.1) is 0 Å². The van der Waals surface area contributed by atoms with Gasteiger partial charge in [-0.3, -0.25) is 9.89 Å². The highest BCUT2D eigenvalue weighted by Crippen LogP contribution is 2.18. The summed E-state index contributed by atoms with van der Waals surface area (Å²) in [5.41, 5.74) is 1.06. The summed E-state index contributed by atoms with van der Waals surface area (Å²) < 4.78 is 0. The summed E-state index contributed by atoms with van der Waals surface area (Å²) in [6, 6.07) is 0.642. The number of anilines is 1. The maximum Gasteiger partial charge on any atom is 0.193 e. The number of hydrogen-bond acceptors (Lipinski definition) is 5. The Morgan fingerprint density at radius 1 is 1.46 bits per heavy atom. The summed E-state index contributed by atoms with van der Waals surface area (Å²) in [4.78, 5) is 15.9. The lowest BCUT2D eigenvalue weighted by atomic mass is 10.2. The molecule has 0 radical (unpaired) electrons. The molecular formula is C16H31IN6S. The molecule has 6 nitrogen and oxygen atoms in total. The Hall–Kier alpha value is -0.610. The summed E-state index contributed by atoms with van der Waals surface area (Å²) >= 11 is 1.67. The van der Waals surface area contributed by atoms with Gasteiger partial charge in [0.25, 0.3) is 0 Å². The molecule has 1 N–H and O–H groups in total. The van der Waals surface area contributed by atoms with Crippen molar-refractivity contribution in [1.82, 2.24) is 20.1 Å². The summed E-state index contributed by atoms with van der Waals surface area (Å²) in [7, 11) is 8.00. The van der Waals surface area contributed by atoms with E-state index in [9.17, 15) is 0 Å². The lowest BCUT2D eigenvalue weighted by Crippen LogP contribution is -2.45. The van der Waals surface area contributed by atoms with Crippen LogP contribution in [0.2, 0.25) is 0 Å². The van der Waals surface area contributed by atoms with Gasteiger partial charge in [-0.15, -0.1) is 35.3 Å². The fraction of sp³-hybridized carbons (Fsp3) is 0.750. The normalized spacial score (nSPS) is 18.4. The van der Waals surface area contributed by atoms with Gasteiger partial charge in [-0.05, 0) is 25.9 Å². The van der Waals surface area contributed by atoms with E-state index in [1.165, 1.54) is 19.4 Å². The molecule has 0 bridgehead atoms. The molecule has 0 aliphatic carbocycles. The van der Waals surface area contributed by atoms with Gasteiger partial charge in [0.2, 0.25) is 0 Å². The molecule has 0 saturated carbocycles. The van der Waals surface area contributed by atoms with Crippen molar-refractivity contribution in [2.24, 2.45) is 4.99 Å². The van der Waals surface area contributed by atoms with Gasteiger partial charge in [-0.1, -0.05) is 6.92 Å². The van der Waals surface area contributed by atoms with Gasteiger partial charge in [0.05, 0.1) is 12.2 Å². The highest BCUT2D eigenvalue weighted by molar-refractivity contribution is 14.0. The van der Waals surface area contributed by atoms with E-state index in [-0.39, 0.29) is 24.0 Å². The first-order valence-corrected chi connectivity index (χ1v) is 9.20. The molecular weight excluding hydrogens is 435 g/mol. The predicted molar refractivity (Wildman–Crippen MR) is 115 cm³/mol. The van der Waals surface area contributed by atoms with E-state index < -0.39 is 0 Å². The molecule has 1 fully saturated rings. The summed E-state index contributed by atoms with van der Waals surface area (Å²) in [6.07, 6.45) is 2.60. The van der Waals surface area contributed by atoms with Crippen LogP contribution in [-0.4, -0.2) is 74.6 Å². The molecule has 1 unspecified atom stereocenters. The Bertz CT molecular complexity index is 518. The minimum atomic E-state index is 0. The third kappa shape index (κ3) is 5.73.